The van der Waals surface area contributed by atoms with Gasteiger partial charge in [-0.1, -0.05) is 38.0 Å². The Bertz CT molecular complexity index is 1430. The first-order valence-corrected chi connectivity index (χ1v) is 19.7. The number of allylic oxidation sites excluding steroid dienone is 4. The van der Waals surface area contributed by atoms with E-state index >= 15 is 0 Å². The van der Waals surface area contributed by atoms with Gasteiger partial charge in [-0.3, -0.25) is 14.5 Å². The second kappa shape index (κ2) is 12.9. The molecule has 4 aliphatic carbocycles. The van der Waals surface area contributed by atoms with E-state index < -0.39 is 0 Å². The molecule has 260 valence electrons. The lowest BCUT2D eigenvalue weighted by Gasteiger charge is -2.53. The van der Waals surface area contributed by atoms with Crippen LogP contribution in [0.1, 0.15) is 97.8 Å². The highest BCUT2D eigenvalue weighted by molar-refractivity contribution is 5.92. The molecule has 7 nitrogen and oxygen atoms in total. The molecule has 0 unspecified atom stereocenters. The van der Waals surface area contributed by atoms with E-state index in [0.29, 0.717) is 42.2 Å². The molecule has 2 saturated carbocycles. The number of anilines is 3. The number of Topliss-reactive ketones (excluding diaryl/α,β-unsaturated/α-hetero) is 1. The zero-order chi connectivity index (χ0) is 33.0. The largest absolute Gasteiger partial charge is 0.369 e. The molecule has 7 heteroatoms. The number of piperazine rings is 1. The third-order valence-corrected chi connectivity index (χ3v) is 14.3. The van der Waals surface area contributed by atoms with E-state index in [0.717, 1.165) is 91.0 Å². The minimum Gasteiger partial charge on any atom is -0.369 e. The van der Waals surface area contributed by atoms with E-state index in [1.54, 1.807) is 5.57 Å². The Labute approximate surface area is 289 Å². The highest BCUT2D eigenvalue weighted by atomic mass is 16.1. The van der Waals surface area contributed by atoms with E-state index in [-0.39, 0.29) is 16.7 Å². The number of carbonyl (C=O) groups is 2. The molecule has 1 aromatic rings. The van der Waals surface area contributed by atoms with Crippen LogP contribution in [0.5, 0.6) is 0 Å². The minimum absolute atomic E-state index is 0.0667. The molecule has 3 aliphatic heterocycles. The van der Waals surface area contributed by atoms with E-state index in [1.807, 2.05) is 6.08 Å². The van der Waals surface area contributed by atoms with E-state index in [4.69, 9.17) is 4.98 Å². The summed E-state index contributed by atoms with van der Waals surface area (Å²) in [6.45, 7) is 16.9. The summed E-state index contributed by atoms with van der Waals surface area (Å²) >= 11 is 0. The highest BCUT2D eigenvalue weighted by Crippen LogP contribution is 2.65. The fraction of sp³-hybridized carbons (Fsp3) is 0.732. The third-order valence-electron chi connectivity index (χ3n) is 14.3. The normalized spacial score (nSPS) is 35.3. The van der Waals surface area contributed by atoms with E-state index in [2.05, 4.69) is 58.6 Å². The molecular weight excluding hydrogens is 594 g/mol. The fourth-order valence-corrected chi connectivity index (χ4v) is 11.7. The smallest absolute Gasteiger partial charge is 0.155 e. The Morgan fingerprint density at radius 1 is 0.896 bits per heavy atom. The third kappa shape index (κ3) is 5.74. The number of pyridine rings is 1. The summed E-state index contributed by atoms with van der Waals surface area (Å²) in [6, 6.07) is 4.69. The molecule has 0 aromatic carbocycles. The summed E-state index contributed by atoms with van der Waals surface area (Å²) < 4.78 is 0. The quantitative estimate of drug-likeness (QED) is 0.278. The van der Waals surface area contributed by atoms with Crippen LogP contribution in [-0.2, 0) is 9.59 Å². The predicted octanol–water partition coefficient (Wildman–Crippen LogP) is 7.07. The molecule has 0 radical (unpaired) electrons. The van der Waals surface area contributed by atoms with Crippen LogP contribution in [0.25, 0.3) is 0 Å². The topological polar surface area (TPSA) is 60.0 Å². The van der Waals surface area contributed by atoms with Crippen LogP contribution < -0.4 is 14.7 Å². The van der Waals surface area contributed by atoms with Crippen molar-refractivity contribution in [1.29, 1.82) is 0 Å². The van der Waals surface area contributed by atoms with Crippen LogP contribution in [0.2, 0.25) is 0 Å². The lowest BCUT2D eigenvalue weighted by atomic mass is 9.51. The van der Waals surface area contributed by atoms with Gasteiger partial charge >= 0.3 is 0 Å². The van der Waals surface area contributed by atoms with Gasteiger partial charge < -0.3 is 14.7 Å². The number of carbonyl (C=O) groups excluding carboxylic acids is 2. The maximum atomic E-state index is 14.1. The second-order valence-corrected chi connectivity index (χ2v) is 17.1. The molecule has 7 aliphatic rings. The van der Waals surface area contributed by atoms with Gasteiger partial charge in [0.25, 0.3) is 0 Å². The first-order chi connectivity index (χ1) is 23.2. The van der Waals surface area contributed by atoms with Gasteiger partial charge in [0.05, 0.1) is 0 Å². The van der Waals surface area contributed by atoms with Gasteiger partial charge in [-0.2, -0.15) is 0 Å². The molecule has 1 aromatic heterocycles. The van der Waals surface area contributed by atoms with Crippen molar-refractivity contribution >= 4 is 28.9 Å². The molecule has 6 atom stereocenters. The molecule has 0 spiro atoms. The van der Waals surface area contributed by atoms with Gasteiger partial charge in [0.2, 0.25) is 0 Å². The zero-order valence-electron chi connectivity index (χ0n) is 30.0. The monoisotopic (exact) mass is 653 g/mol. The van der Waals surface area contributed by atoms with Gasteiger partial charge in [-0.05, 0) is 100.0 Å². The number of hydrogen-bond acceptors (Lipinski definition) is 7. The second-order valence-electron chi connectivity index (χ2n) is 17.1. The van der Waals surface area contributed by atoms with Crippen LogP contribution in [0, 0.1) is 34.5 Å². The molecule has 4 heterocycles. The van der Waals surface area contributed by atoms with Gasteiger partial charge in [-0.15, -0.1) is 0 Å². The number of ketones is 2. The summed E-state index contributed by atoms with van der Waals surface area (Å²) in [7, 11) is 0. The van der Waals surface area contributed by atoms with Crippen molar-refractivity contribution in [3.8, 4) is 0 Å². The van der Waals surface area contributed by atoms with Gasteiger partial charge in [0, 0.05) is 94.4 Å². The van der Waals surface area contributed by atoms with Crippen LogP contribution in [0.3, 0.4) is 0 Å². The standard InChI is InChI=1S/C41H59N5O2/c1-29-25-35-33-11-10-30-26-32(47)12-14-40(30,2)34(33)13-15-41(35,3)39(29)36(48)9-8-16-43-21-23-44(24-22-43)31-27-37(45-17-4-5-18-45)42-38(28-31)46-19-6-7-20-46/h13,26-29,33,35,39H,4-12,14-25H2,1-3H3/t29-,33-,35+,39-,40+,41+/m1/s1. The van der Waals surface area contributed by atoms with Crippen molar-refractivity contribution in [2.45, 2.75) is 97.8 Å². The number of nitrogens with zero attached hydrogens (tertiary/aromatic N) is 5. The Morgan fingerprint density at radius 2 is 1.56 bits per heavy atom. The highest BCUT2D eigenvalue weighted by Gasteiger charge is 2.59. The fourth-order valence-electron chi connectivity index (χ4n) is 11.7. The summed E-state index contributed by atoms with van der Waals surface area (Å²) in [5.41, 5.74) is 4.47. The first-order valence-electron chi connectivity index (χ1n) is 19.7. The maximum Gasteiger partial charge on any atom is 0.155 e. The van der Waals surface area contributed by atoms with Crippen molar-refractivity contribution in [2.24, 2.45) is 34.5 Å². The minimum atomic E-state index is 0.0667. The van der Waals surface area contributed by atoms with Crippen molar-refractivity contribution < 1.29 is 9.59 Å². The van der Waals surface area contributed by atoms with Gasteiger partial charge in [0.1, 0.15) is 17.4 Å². The Balaban J connectivity index is 0.872. The number of fused-ring (bicyclic) bond motifs is 5. The molecule has 48 heavy (non-hydrogen) atoms. The SMILES string of the molecule is C[C@@H]1C[C@H]2[C@@H]3CCC4=CC(=O)CC[C@]4(C)C3=CC[C@]2(C)[C@H]1C(=O)CCCN1CCN(c2cc(N3CCCC3)nc(N3CCCC3)c2)CC1. The van der Waals surface area contributed by atoms with E-state index in [1.165, 1.54) is 55.0 Å². The van der Waals surface area contributed by atoms with Crippen molar-refractivity contribution in [3.63, 3.8) is 0 Å². The summed E-state index contributed by atoms with van der Waals surface area (Å²) in [4.78, 5) is 41.6. The van der Waals surface area contributed by atoms with Crippen LogP contribution >= 0.6 is 0 Å². The zero-order valence-corrected chi connectivity index (χ0v) is 30.0. The van der Waals surface area contributed by atoms with Crippen molar-refractivity contribution in [3.05, 3.63) is 35.4 Å². The summed E-state index contributed by atoms with van der Waals surface area (Å²) in [5, 5.41) is 0. The molecular formula is C41H59N5O2. The van der Waals surface area contributed by atoms with E-state index in [9.17, 15) is 9.59 Å². The summed E-state index contributed by atoms with van der Waals surface area (Å²) in [6.07, 6.45) is 17.4. The van der Waals surface area contributed by atoms with Gasteiger partial charge in [-0.25, -0.2) is 4.98 Å². The van der Waals surface area contributed by atoms with Crippen molar-refractivity contribution in [2.75, 3.05) is 73.6 Å². The summed E-state index contributed by atoms with van der Waals surface area (Å²) in [5.74, 6) is 4.97. The Hall–Kier alpha value is -2.67. The molecule has 5 fully saturated rings. The lowest BCUT2D eigenvalue weighted by molar-refractivity contribution is -0.128. The molecule has 8 rings (SSSR count). The first kappa shape index (κ1) is 32.5. The average molecular weight is 654 g/mol. The Kier molecular flexibility index (Phi) is 8.74. The molecule has 0 bridgehead atoms. The van der Waals surface area contributed by atoms with Crippen LogP contribution in [0.4, 0.5) is 17.3 Å². The molecule has 3 saturated heterocycles. The maximum absolute atomic E-state index is 14.1. The lowest BCUT2D eigenvalue weighted by Crippen LogP contribution is -2.47. The number of hydrogen-bond donors (Lipinski definition) is 0. The van der Waals surface area contributed by atoms with Crippen molar-refractivity contribution in [1.82, 2.24) is 9.88 Å². The van der Waals surface area contributed by atoms with Gasteiger partial charge in [0.15, 0.2) is 5.78 Å². The predicted molar refractivity (Wildman–Crippen MR) is 195 cm³/mol. The average Bonchev–Trinajstić information content (AvgIpc) is 3.86. The number of rotatable bonds is 8. The Morgan fingerprint density at radius 3 is 2.23 bits per heavy atom. The molecule has 0 amide bonds. The van der Waals surface area contributed by atoms with Crippen LogP contribution in [0.15, 0.2) is 35.4 Å². The number of aromatic nitrogens is 1. The molecule has 0 N–H and O–H groups in total. The van der Waals surface area contributed by atoms with Crippen LogP contribution in [-0.4, -0.2) is 80.4 Å².